The SMILES string of the molecule is CCOCc1nc2c(N)nc3ccccc3c2n1CC(C)(O)O[P@](=O)(N[C@@H](C)C(=O)OCC)Oc1ccccc1. The van der Waals surface area contributed by atoms with E-state index >= 15 is 0 Å². The van der Waals surface area contributed by atoms with Crippen molar-refractivity contribution >= 4 is 41.5 Å². The van der Waals surface area contributed by atoms with Crippen molar-refractivity contribution in [1.29, 1.82) is 0 Å². The summed E-state index contributed by atoms with van der Waals surface area (Å²) in [6, 6.07) is 14.6. The number of benzene rings is 2. The van der Waals surface area contributed by atoms with Crippen LogP contribution >= 0.6 is 7.75 Å². The standard InChI is InChI=1S/C27H34N5O7P/c1-5-36-16-22-30-23-24(20-14-10-11-15-21(20)29-25(23)28)32(22)17-27(4,34)39-40(35,31-18(3)26(33)37-6-2)38-19-12-8-7-9-13-19/h7-15,18,34H,5-6,16-17H2,1-4H3,(H2,28,29)(H,31,35)/t18-,27?,40-/m0/s1. The second-order valence-electron chi connectivity index (χ2n) is 9.23. The molecule has 4 aromatic rings. The van der Waals surface area contributed by atoms with E-state index in [-0.39, 0.29) is 31.3 Å². The van der Waals surface area contributed by atoms with Crippen LogP contribution in [0.5, 0.6) is 5.75 Å². The summed E-state index contributed by atoms with van der Waals surface area (Å²) in [4.78, 5) is 21.4. The Morgan fingerprint density at radius 3 is 2.52 bits per heavy atom. The van der Waals surface area contributed by atoms with E-state index in [1.807, 2.05) is 31.2 Å². The molecule has 2 aromatic heterocycles. The molecule has 0 bridgehead atoms. The number of imidazole rings is 1. The van der Waals surface area contributed by atoms with Crippen LogP contribution in [0.1, 0.15) is 33.5 Å². The van der Waals surface area contributed by atoms with Crippen molar-refractivity contribution in [3.05, 3.63) is 60.4 Å². The summed E-state index contributed by atoms with van der Waals surface area (Å²) < 4.78 is 37.9. The van der Waals surface area contributed by atoms with Gasteiger partial charge in [-0.2, -0.15) is 5.09 Å². The molecule has 4 N–H and O–H groups in total. The summed E-state index contributed by atoms with van der Waals surface area (Å²) in [5.74, 6) is -1.87. The zero-order chi connectivity index (χ0) is 28.9. The third kappa shape index (κ3) is 6.78. The number of pyridine rings is 1. The highest BCUT2D eigenvalue weighted by Crippen LogP contribution is 2.48. The molecule has 40 heavy (non-hydrogen) atoms. The smallest absolute Gasteiger partial charge is 0.462 e. The number of rotatable bonds is 13. The van der Waals surface area contributed by atoms with Gasteiger partial charge < -0.3 is 29.4 Å². The van der Waals surface area contributed by atoms with Crippen molar-refractivity contribution < 1.29 is 33.0 Å². The minimum atomic E-state index is -4.37. The molecule has 13 heteroatoms. The maximum absolute atomic E-state index is 14.0. The maximum Gasteiger partial charge on any atom is 0.462 e. The minimum Gasteiger partial charge on any atom is -0.465 e. The Morgan fingerprint density at radius 1 is 1.12 bits per heavy atom. The fourth-order valence-corrected chi connectivity index (χ4v) is 5.91. The molecular weight excluding hydrogens is 537 g/mol. The van der Waals surface area contributed by atoms with E-state index in [1.54, 1.807) is 41.8 Å². The molecule has 0 aliphatic heterocycles. The van der Waals surface area contributed by atoms with Crippen LogP contribution < -0.4 is 15.3 Å². The van der Waals surface area contributed by atoms with Gasteiger partial charge in [0.2, 0.25) is 0 Å². The number of carbonyl (C=O) groups is 1. The van der Waals surface area contributed by atoms with E-state index in [9.17, 15) is 14.5 Å². The van der Waals surface area contributed by atoms with Gasteiger partial charge in [0.15, 0.2) is 11.6 Å². The largest absolute Gasteiger partial charge is 0.465 e. The third-order valence-electron chi connectivity index (χ3n) is 5.85. The first-order chi connectivity index (χ1) is 19.1. The number of fused-ring (bicyclic) bond motifs is 3. The van der Waals surface area contributed by atoms with Gasteiger partial charge in [0, 0.05) is 12.0 Å². The highest BCUT2D eigenvalue weighted by Gasteiger charge is 2.40. The first-order valence-electron chi connectivity index (χ1n) is 12.9. The molecular formula is C27H34N5O7P. The van der Waals surface area contributed by atoms with Gasteiger partial charge in [-0.25, -0.2) is 14.5 Å². The number of nitrogens with one attached hydrogen (secondary N) is 1. The first-order valence-corrected chi connectivity index (χ1v) is 14.4. The van der Waals surface area contributed by atoms with Crippen molar-refractivity contribution in [2.24, 2.45) is 0 Å². The molecule has 0 saturated heterocycles. The first kappa shape index (κ1) is 29.4. The van der Waals surface area contributed by atoms with Crippen molar-refractivity contribution in [2.45, 2.75) is 52.7 Å². The van der Waals surface area contributed by atoms with Crippen molar-refractivity contribution in [3.63, 3.8) is 0 Å². The number of hydrogen-bond donors (Lipinski definition) is 3. The number of nitrogen functional groups attached to an aromatic ring is 1. The van der Waals surface area contributed by atoms with Crippen LogP contribution in [0.2, 0.25) is 0 Å². The number of aromatic nitrogens is 3. The van der Waals surface area contributed by atoms with E-state index < -0.39 is 25.5 Å². The molecule has 0 aliphatic rings. The van der Waals surface area contributed by atoms with Crippen molar-refractivity contribution in [1.82, 2.24) is 19.6 Å². The summed E-state index contributed by atoms with van der Waals surface area (Å²) in [5.41, 5.74) is 7.93. The van der Waals surface area contributed by atoms with Gasteiger partial charge in [-0.3, -0.25) is 9.32 Å². The summed E-state index contributed by atoms with van der Waals surface area (Å²) in [6.45, 7) is 6.76. The number of nitrogens with zero attached hydrogens (tertiary/aromatic N) is 3. The molecule has 12 nitrogen and oxygen atoms in total. The van der Waals surface area contributed by atoms with Crippen LogP contribution in [0.15, 0.2) is 54.6 Å². The fourth-order valence-electron chi connectivity index (χ4n) is 4.21. The zero-order valence-electron chi connectivity index (χ0n) is 22.9. The number of para-hydroxylation sites is 2. The molecule has 0 amide bonds. The molecule has 214 valence electrons. The highest BCUT2D eigenvalue weighted by molar-refractivity contribution is 7.52. The van der Waals surface area contributed by atoms with E-state index in [4.69, 9.17) is 24.3 Å². The second-order valence-corrected chi connectivity index (χ2v) is 10.9. The molecule has 0 spiro atoms. The average Bonchev–Trinajstić information content (AvgIpc) is 3.25. The molecule has 0 saturated carbocycles. The lowest BCUT2D eigenvalue weighted by Crippen LogP contribution is -2.40. The predicted molar refractivity (Wildman–Crippen MR) is 150 cm³/mol. The van der Waals surface area contributed by atoms with Gasteiger partial charge in [-0.15, -0.1) is 0 Å². The van der Waals surface area contributed by atoms with Crippen LogP contribution in [0, 0.1) is 0 Å². The Hall–Kier alpha value is -3.54. The second kappa shape index (κ2) is 12.3. The number of nitrogens with two attached hydrogens (primary N) is 1. The number of carbonyl (C=O) groups excluding carboxylic acids is 1. The Morgan fingerprint density at radius 2 is 1.82 bits per heavy atom. The Balaban J connectivity index is 1.74. The van der Waals surface area contributed by atoms with Gasteiger partial charge in [0.05, 0.1) is 24.2 Å². The number of esters is 1. The molecule has 3 atom stereocenters. The summed E-state index contributed by atoms with van der Waals surface area (Å²) >= 11 is 0. The van der Waals surface area contributed by atoms with Crippen LogP contribution in [0.4, 0.5) is 5.82 Å². The lowest BCUT2D eigenvalue weighted by molar-refractivity contribution is -0.147. The highest BCUT2D eigenvalue weighted by atomic mass is 31.2. The topological polar surface area (TPSA) is 160 Å². The minimum absolute atomic E-state index is 0.116. The number of anilines is 1. The molecule has 0 aliphatic carbocycles. The average molecular weight is 572 g/mol. The molecule has 2 aromatic carbocycles. The number of aliphatic hydroxyl groups is 1. The predicted octanol–water partition coefficient (Wildman–Crippen LogP) is 4.16. The van der Waals surface area contributed by atoms with Gasteiger partial charge in [-0.1, -0.05) is 36.4 Å². The van der Waals surface area contributed by atoms with Crippen LogP contribution in [0.3, 0.4) is 0 Å². The Labute approximate surface area is 232 Å². The third-order valence-corrected chi connectivity index (χ3v) is 7.64. The lowest BCUT2D eigenvalue weighted by atomic mass is 10.2. The zero-order valence-corrected chi connectivity index (χ0v) is 23.8. The van der Waals surface area contributed by atoms with Gasteiger partial charge >= 0.3 is 13.7 Å². The summed E-state index contributed by atoms with van der Waals surface area (Å²) in [6.07, 6.45) is 0. The van der Waals surface area contributed by atoms with E-state index in [0.29, 0.717) is 29.0 Å². The Bertz CT molecular complexity index is 1530. The monoisotopic (exact) mass is 571 g/mol. The van der Waals surface area contributed by atoms with Crippen molar-refractivity contribution in [3.8, 4) is 5.75 Å². The van der Waals surface area contributed by atoms with Crippen LogP contribution in [-0.4, -0.2) is 50.7 Å². The molecule has 4 rings (SSSR count). The maximum atomic E-state index is 14.0. The molecule has 0 fully saturated rings. The van der Waals surface area contributed by atoms with Crippen molar-refractivity contribution in [2.75, 3.05) is 18.9 Å². The Kier molecular flexibility index (Phi) is 9.07. The van der Waals surface area contributed by atoms with Gasteiger partial charge in [0.1, 0.15) is 29.7 Å². The molecule has 0 radical (unpaired) electrons. The molecule has 1 unspecified atom stereocenters. The van der Waals surface area contributed by atoms with Crippen LogP contribution in [-0.2, 0) is 36.5 Å². The quantitative estimate of drug-likeness (QED) is 0.120. The molecule has 2 heterocycles. The lowest BCUT2D eigenvalue weighted by Gasteiger charge is -2.31. The number of ether oxygens (including phenoxy) is 2. The number of hydrogen-bond acceptors (Lipinski definition) is 10. The normalized spacial score (nSPS) is 15.4. The summed E-state index contributed by atoms with van der Waals surface area (Å²) in [5, 5.41) is 14.9. The fraction of sp³-hybridized carbons (Fsp3) is 0.370. The van der Waals surface area contributed by atoms with Gasteiger partial charge in [-0.05, 0) is 45.9 Å². The van der Waals surface area contributed by atoms with E-state index in [2.05, 4.69) is 15.1 Å². The van der Waals surface area contributed by atoms with E-state index in [0.717, 1.165) is 5.39 Å². The summed E-state index contributed by atoms with van der Waals surface area (Å²) in [7, 11) is -4.37. The van der Waals surface area contributed by atoms with Gasteiger partial charge in [0.25, 0.3) is 0 Å². The van der Waals surface area contributed by atoms with E-state index in [1.165, 1.54) is 13.8 Å². The van der Waals surface area contributed by atoms with Crippen LogP contribution in [0.25, 0.3) is 21.9 Å².